The second-order valence-electron chi connectivity index (χ2n) is 6.87. The van der Waals surface area contributed by atoms with Gasteiger partial charge in [-0.05, 0) is 60.9 Å². The van der Waals surface area contributed by atoms with E-state index in [1.165, 1.54) is 31.5 Å². The largest absolute Gasteiger partial charge is 0.299 e. The summed E-state index contributed by atoms with van der Waals surface area (Å²) in [7, 11) is 0. The standard InChI is InChI=1S/C18H28FN/c1-13(2)16-7-9-20(10-8-16)12-15-5-6-18(19)17(11-15)14(3)4/h5-6,11,13-14,16H,7-10,12H2,1-4H3. The maximum atomic E-state index is 13.7. The Morgan fingerprint density at radius 3 is 2.35 bits per heavy atom. The molecule has 1 aliphatic heterocycles. The zero-order valence-electron chi connectivity index (χ0n) is 13.3. The van der Waals surface area contributed by atoms with Crippen molar-refractivity contribution < 1.29 is 4.39 Å². The van der Waals surface area contributed by atoms with Crippen molar-refractivity contribution in [2.24, 2.45) is 11.8 Å². The molecule has 1 aliphatic rings. The number of likely N-dealkylation sites (tertiary alicyclic amines) is 1. The van der Waals surface area contributed by atoms with Gasteiger partial charge in [-0.15, -0.1) is 0 Å². The van der Waals surface area contributed by atoms with Crippen LogP contribution in [-0.4, -0.2) is 18.0 Å². The van der Waals surface area contributed by atoms with Crippen molar-refractivity contribution in [3.8, 4) is 0 Å². The molecule has 2 heteroatoms. The lowest BCUT2D eigenvalue weighted by Crippen LogP contribution is -2.34. The number of rotatable bonds is 4. The topological polar surface area (TPSA) is 3.24 Å². The minimum atomic E-state index is -0.0673. The van der Waals surface area contributed by atoms with Crippen molar-refractivity contribution in [2.75, 3.05) is 13.1 Å². The summed E-state index contributed by atoms with van der Waals surface area (Å²) in [6, 6.07) is 5.62. The van der Waals surface area contributed by atoms with Crippen molar-refractivity contribution in [1.29, 1.82) is 0 Å². The minimum absolute atomic E-state index is 0.0673. The molecule has 0 aromatic heterocycles. The van der Waals surface area contributed by atoms with Crippen molar-refractivity contribution in [2.45, 2.75) is 53.0 Å². The molecule has 2 rings (SSSR count). The molecular formula is C18H28FN. The van der Waals surface area contributed by atoms with E-state index in [4.69, 9.17) is 0 Å². The molecule has 0 unspecified atom stereocenters. The first-order valence-electron chi connectivity index (χ1n) is 7.98. The first-order chi connectivity index (χ1) is 9.47. The van der Waals surface area contributed by atoms with Gasteiger partial charge in [0.1, 0.15) is 5.82 Å². The van der Waals surface area contributed by atoms with E-state index in [1.54, 1.807) is 6.07 Å². The van der Waals surface area contributed by atoms with Crippen LogP contribution in [0.5, 0.6) is 0 Å². The Bertz CT molecular complexity index is 431. The highest BCUT2D eigenvalue weighted by atomic mass is 19.1. The lowest BCUT2D eigenvalue weighted by Gasteiger charge is -2.34. The monoisotopic (exact) mass is 277 g/mol. The molecule has 20 heavy (non-hydrogen) atoms. The molecule has 0 N–H and O–H groups in total. The first-order valence-corrected chi connectivity index (χ1v) is 7.98. The Balaban J connectivity index is 1.96. The highest BCUT2D eigenvalue weighted by Crippen LogP contribution is 2.26. The average molecular weight is 277 g/mol. The van der Waals surface area contributed by atoms with Gasteiger partial charge in [0.25, 0.3) is 0 Å². The Morgan fingerprint density at radius 1 is 1.15 bits per heavy atom. The fourth-order valence-corrected chi connectivity index (χ4v) is 3.17. The van der Waals surface area contributed by atoms with Crippen LogP contribution in [0.1, 0.15) is 57.6 Å². The van der Waals surface area contributed by atoms with Gasteiger partial charge in [-0.3, -0.25) is 4.90 Å². The molecular weight excluding hydrogens is 249 g/mol. The molecule has 1 saturated heterocycles. The van der Waals surface area contributed by atoms with E-state index in [0.29, 0.717) is 0 Å². The number of hydrogen-bond acceptors (Lipinski definition) is 1. The van der Waals surface area contributed by atoms with E-state index in [0.717, 1.165) is 23.9 Å². The second-order valence-corrected chi connectivity index (χ2v) is 6.87. The maximum absolute atomic E-state index is 13.7. The molecule has 1 nitrogen and oxygen atoms in total. The van der Waals surface area contributed by atoms with Crippen LogP contribution in [0.2, 0.25) is 0 Å². The van der Waals surface area contributed by atoms with Crippen LogP contribution in [-0.2, 0) is 6.54 Å². The van der Waals surface area contributed by atoms with Crippen LogP contribution in [0, 0.1) is 17.7 Å². The van der Waals surface area contributed by atoms with Crippen LogP contribution >= 0.6 is 0 Å². The Morgan fingerprint density at radius 2 is 1.80 bits per heavy atom. The third-order valence-electron chi connectivity index (χ3n) is 4.66. The Labute approximate surface area is 123 Å². The van der Waals surface area contributed by atoms with Crippen molar-refractivity contribution in [3.05, 3.63) is 35.1 Å². The summed E-state index contributed by atoms with van der Waals surface area (Å²) in [5, 5.41) is 0. The molecule has 1 aromatic rings. The molecule has 0 radical (unpaired) electrons. The predicted octanol–water partition coefficient (Wildman–Crippen LogP) is 4.82. The molecule has 0 saturated carbocycles. The molecule has 1 heterocycles. The third-order valence-corrected chi connectivity index (χ3v) is 4.66. The van der Waals surface area contributed by atoms with Gasteiger partial charge in [-0.1, -0.05) is 39.8 Å². The molecule has 0 aliphatic carbocycles. The van der Waals surface area contributed by atoms with Gasteiger partial charge < -0.3 is 0 Å². The summed E-state index contributed by atoms with van der Waals surface area (Å²) in [5.74, 6) is 1.87. The van der Waals surface area contributed by atoms with Crippen LogP contribution in [0.15, 0.2) is 18.2 Å². The normalized spacial score (nSPS) is 18.1. The molecule has 0 amide bonds. The highest BCUT2D eigenvalue weighted by Gasteiger charge is 2.21. The smallest absolute Gasteiger partial charge is 0.126 e. The van der Waals surface area contributed by atoms with Crippen molar-refractivity contribution in [1.82, 2.24) is 4.90 Å². The molecule has 0 atom stereocenters. The lowest BCUT2D eigenvalue weighted by molar-refractivity contribution is 0.152. The Hall–Kier alpha value is -0.890. The van der Waals surface area contributed by atoms with Gasteiger partial charge in [0.2, 0.25) is 0 Å². The van der Waals surface area contributed by atoms with Crippen molar-refractivity contribution in [3.63, 3.8) is 0 Å². The number of hydrogen-bond donors (Lipinski definition) is 0. The van der Waals surface area contributed by atoms with Gasteiger partial charge in [-0.2, -0.15) is 0 Å². The summed E-state index contributed by atoms with van der Waals surface area (Å²) in [4.78, 5) is 2.51. The van der Waals surface area contributed by atoms with Crippen molar-refractivity contribution >= 4 is 0 Å². The number of nitrogens with zero attached hydrogens (tertiary/aromatic N) is 1. The number of piperidine rings is 1. The zero-order valence-corrected chi connectivity index (χ0v) is 13.3. The van der Waals surface area contributed by atoms with E-state index < -0.39 is 0 Å². The van der Waals surface area contributed by atoms with Gasteiger partial charge >= 0.3 is 0 Å². The van der Waals surface area contributed by atoms with E-state index in [2.05, 4.69) is 38.7 Å². The molecule has 0 bridgehead atoms. The maximum Gasteiger partial charge on any atom is 0.126 e. The van der Waals surface area contributed by atoms with Gasteiger partial charge in [0, 0.05) is 6.54 Å². The summed E-state index contributed by atoms with van der Waals surface area (Å²) in [6.07, 6.45) is 2.60. The molecule has 112 valence electrons. The van der Waals surface area contributed by atoms with E-state index in [1.807, 2.05) is 6.07 Å². The molecule has 1 aromatic carbocycles. The number of benzene rings is 1. The van der Waals surface area contributed by atoms with Crippen LogP contribution in [0.3, 0.4) is 0 Å². The van der Waals surface area contributed by atoms with Gasteiger partial charge in [0.05, 0.1) is 0 Å². The van der Waals surface area contributed by atoms with E-state index >= 15 is 0 Å². The minimum Gasteiger partial charge on any atom is -0.299 e. The Kier molecular flexibility index (Phi) is 5.20. The predicted molar refractivity (Wildman–Crippen MR) is 83.3 cm³/mol. The zero-order chi connectivity index (χ0) is 14.7. The number of halogens is 1. The average Bonchev–Trinajstić information content (AvgIpc) is 2.41. The fourth-order valence-electron chi connectivity index (χ4n) is 3.17. The first kappa shape index (κ1) is 15.5. The third kappa shape index (κ3) is 3.82. The SMILES string of the molecule is CC(C)c1cc(CN2CCC(C(C)C)CC2)ccc1F. The second kappa shape index (κ2) is 6.71. The van der Waals surface area contributed by atoms with Gasteiger partial charge in [-0.25, -0.2) is 4.39 Å². The summed E-state index contributed by atoms with van der Waals surface area (Å²) >= 11 is 0. The van der Waals surface area contributed by atoms with Gasteiger partial charge in [0.15, 0.2) is 0 Å². The van der Waals surface area contributed by atoms with E-state index in [9.17, 15) is 4.39 Å². The summed E-state index contributed by atoms with van der Waals surface area (Å²) in [6.45, 7) is 12.1. The summed E-state index contributed by atoms with van der Waals surface area (Å²) < 4.78 is 13.7. The molecule has 0 spiro atoms. The lowest BCUT2D eigenvalue weighted by atomic mass is 9.86. The van der Waals surface area contributed by atoms with E-state index in [-0.39, 0.29) is 11.7 Å². The van der Waals surface area contributed by atoms with Crippen LogP contribution in [0.4, 0.5) is 4.39 Å². The quantitative estimate of drug-likeness (QED) is 0.763. The highest BCUT2D eigenvalue weighted by molar-refractivity contribution is 5.27. The van der Waals surface area contributed by atoms with Crippen LogP contribution in [0.25, 0.3) is 0 Å². The molecule has 1 fully saturated rings. The summed E-state index contributed by atoms with van der Waals surface area (Å²) in [5.41, 5.74) is 2.10. The van der Waals surface area contributed by atoms with Crippen LogP contribution < -0.4 is 0 Å². The fraction of sp³-hybridized carbons (Fsp3) is 0.667.